The third kappa shape index (κ3) is 6.47. The van der Waals surface area contributed by atoms with Crippen molar-refractivity contribution in [3.8, 4) is 5.75 Å². The molecule has 0 saturated heterocycles. The zero-order valence-electron chi connectivity index (χ0n) is 16.3. The van der Waals surface area contributed by atoms with Crippen molar-refractivity contribution in [1.29, 1.82) is 0 Å². The maximum Gasteiger partial charge on any atom is 0.178 e. The summed E-state index contributed by atoms with van der Waals surface area (Å²) in [4.78, 5) is 1.21. The van der Waals surface area contributed by atoms with Gasteiger partial charge in [-0.15, -0.1) is 11.3 Å². The summed E-state index contributed by atoms with van der Waals surface area (Å²) in [6.07, 6.45) is 3.98. The molecular formula is C22H30O4S. The number of ether oxygens (including phenoxy) is 1. The monoisotopic (exact) mass is 390 g/mol. The van der Waals surface area contributed by atoms with Gasteiger partial charge in [0.1, 0.15) is 12.4 Å². The van der Waals surface area contributed by atoms with Gasteiger partial charge in [-0.1, -0.05) is 32.1 Å². The van der Waals surface area contributed by atoms with Gasteiger partial charge in [-0.25, -0.2) is 0 Å². The first-order chi connectivity index (χ1) is 12.9. The molecule has 0 aliphatic heterocycles. The predicted molar refractivity (Wildman–Crippen MR) is 111 cm³/mol. The predicted octanol–water partition coefficient (Wildman–Crippen LogP) is 5.04. The van der Waals surface area contributed by atoms with Gasteiger partial charge < -0.3 is 20.1 Å². The Labute approximate surface area is 165 Å². The number of rotatable bonds is 10. The zero-order valence-corrected chi connectivity index (χ0v) is 17.1. The molecule has 0 bridgehead atoms. The number of allylic oxidation sites excluding steroid dienone is 2. The summed E-state index contributed by atoms with van der Waals surface area (Å²) in [5, 5.41) is 30.7. The van der Waals surface area contributed by atoms with E-state index in [4.69, 9.17) is 14.9 Å². The first-order valence-electron chi connectivity index (χ1n) is 9.42. The second kappa shape index (κ2) is 10.0. The van der Waals surface area contributed by atoms with Crippen molar-refractivity contribution in [1.82, 2.24) is 0 Å². The third-order valence-electron chi connectivity index (χ3n) is 5.00. The van der Waals surface area contributed by atoms with Crippen molar-refractivity contribution in [2.45, 2.75) is 65.0 Å². The molecule has 1 aromatic heterocycles. The van der Waals surface area contributed by atoms with Crippen molar-refractivity contribution >= 4 is 16.9 Å². The zero-order chi connectivity index (χ0) is 19.9. The molecule has 3 N–H and O–H groups in total. The molecule has 0 aliphatic rings. The van der Waals surface area contributed by atoms with Gasteiger partial charge in [-0.2, -0.15) is 0 Å². The molecule has 0 spiro atoms. The highest BCUT2D eigenvalue weighted by atomic mass is 32.1. The second-order valence-corrected chi connectivity index (χ2v) is 7.82. The van der Waals surface area contributed by atoms with Gasteiger partial charge in [0.2, 0.25) is 0 Å². The molecule has 0 aliphatic carbocycles. The highest BCUT2D eigenvalue weighted by molar-refractivity contribution is 7.11. The summed E-state index contributed by atoms with van der Waals surface area (Å²) in [7, 11) is 0. The molecule has 0 saturated carbocycles. The minimum absolute atomic E-state index is 0.443. The molecular weight excluding hydrogens is 360 g/mol. The van der Waals surface area contributed by atoms with Crippen LogP contribution in [0.4, 0.5) is 0 Å². The number of benzene rings is 1. The Kier molecular flexibility index (Phi) is 8.05. The van der Waals surface area contributed by atoms with E-state index in [1.165, 1.54) is 10.5 Å². The van der Waals surface area contributed by atoms with E-state index in [9.17, 15) is 5.11 Å². The molecule has 148 valence electrons. The van der Waals surface area contributed by atoms with E-state index in [0.29, 0.717) is 17.9 Å². The van der Waals surface area contributed by atoms with E-state index in [2.05, 4.69) is 24.4 Å². The van der Waals surface area contributed by atoms with Crippen LogP contribution in [0.3, 0.4) is 0 Å². The van der Waals surface area contributed by atoms with Gasteiger partial charge in [0.05, 0.1) is 5.60 Å². The lowest BCUT2D eigenvalue weighted by atomic mass is 9.91. The Hall–Kier alpha value is -1.66. The molecule has 0 atom stereocenters. The average molecular weight is 391 g/mol. The van der Waals surface area contributed by atoms with Crippen LogP contribution in [0.15, 0.2) is 41.8 Å². The van der Waals surface area contributed by atoms with Crippen molar-refractivity contribution in [2.24, 2.45) is 0 Å². The Morgan fingerprint density at radius 2 is 1.85 bits per heavy atom. The molecule has 1 heterocycles. The van der Waals surface area contributed by atoms with E-state index in [1.807, 2.05) is 13.8 Å². The summed E-state index contributed by atoms with van der Waals surface area (Å²) >= 11 is 1.69. The molecule has 2 aromatic rings. The van der Waals surface area contributed by atoms with Crippen molar-refractivity contribution in [3.63, 3.8) is 0 Å². The second-order valence-electron chi connectivity index (χ2n) is 6.91. The summed E-state index contributed by atoms with van der Waals surface area (Å²) in [6, 6.07) is 8.87. The number of thiophene rings is 1. The Morgan fingerprint density at radius 3 is 2.44 bits per heavy atom. The number of aliphatic hydroxyl groups excluding tert-OH is 1. The van der Waals surface area contributed by atoms with Crippen molar-refractivity contribution in [3.05, 3.63) is 57.8 Å². The fourth-order valence-electron chi connectivity index (χ4n) is 2.82. The highest BCUT2D eigenvalue weighted by Gasteiger charge is 2.20. The van der Waals surface area contributed by atoms with Crippen LogP contribution in [0.1, 0.15) is 68.7 Å². The lowest BCUT2D eigenvalue weighted by Crippen LogP contribution is -2.25. The van der Waals surface area contributed by atoms with Crippen LogP contribution in [0, 0.1) is 0 Å². The Morgan fingerprint density at radius 1 is 1.19 bits per heavy atom. The smallest absolute Gasteiger partial charge is 0.178 e. The summed E-state index contributed by atoms with van der Waals surface area (Å²) < 4.78 is 5.77. The quantitative estimate of drug-likeness (QED) is 0.497. The summed E-state index contributed by atoms with van der Waals surface area (Å²) in [6.45, 7) is 6.64. The molecule has 0 fully saturated rings. The molecule has 4 nitrogen and oxygen atoms in total. The van der Waals surface area contributed by atoms with E-state index >= 15 is 0 Å². The number of aliphatic hydroxyl groups is 3. The molecule has 0 radical (unpaired) electrons. The lowest BCUT2D eigenvalue weighted by molar-refractivity contribution is -0.0425. The van der Waals surface area contributed by atoms with E-state index in [0.717, 1.165) is 31.2 Å². The van der Waals surface area contributed by atoms with Crippen LogP contribution in [0.5, 0.6) is 5.75 Å². The Balaban J connectivity index is 1.88. The number of hydrogen-bond acceptors (Lipinski definition) is 5. The van der Waals surface area contributed by atoms with Crippen molar-refractivity contribution < 1.29 is 20.1 Å². The topological polar surface area (TPSA) is 69.9 Å². The van der Waals surface area contributed by atoms with Gasteiger partial charge in [0.15, 0.2) is 6.29 Å². The van der Waals surface area contributed by atoms with Crippen LogP contribution in [0.25, 0.3) is 5.57 Å². The SMILES string of the molecule is CCC(O)(CC)CCC=C(C)c1cc(COc2ccc(C(O)O)cc2)cs1. The van der Waals surface area contributed by atoms with E-state index in [1.54, 1.807) is 35.6 Å². The van der Waals surface area contributed by atoms with Crippen molar-refractivity contribution in [2.75, 3.05) is 0 Å². The summed E-state index contributed by atoms with van der Waals surface area (Å²) in [5.41, 5.74) is 2.22. The normalized spacial score (nSPS) is 12.6. The van der Waals surface area contributed by atoms with E-state index < -0.39 is 11.9 Å². The van der Waals surface area contributed by atoms with Crippen LogP contribution < -0.4 is 4.74 Å². The first kappa shape index (κ1) is 21.6. The molecule has 27 heavy (non-hydrogen) atoms. The lowest BCUT2D eigenvalue weighted by Gasteiger charge is -2.24. The van der Waals surface area contributed by atoms with Gasteiger partial charge in [-0.3, -0.25) is 0 Å². The third-order valence-corrected chi connectivity index (χ3v) is 6.12. The van der Waals surface area contributed by atoms with Gasteiger partial charge in [0, 0.05) is 16.0 Å². The largest absolute Gasteiger partial charge is 0.489 e. The fourth-order valence-corrected chi connectivity index (χ4v) is 3.73. The molecule has 5 heteroatoms. The van der Waals surface area contributed by atoms with Crippen LogP contribution in [-0.2, 0) is 6.61 Å². The molecule has 1 aromatic carbocycles. The first-order valence-corrected chi connectivity index (χ1v) is 10.3. The minimum Gasteiger partial charge on any atom is -0.489 e. The standard InChI is InChI=1S/C22H30O4S/c1-4-22(25,5-2)12-6-7-16(3)20-13-17(15-27-20)14-26-19-10-8-18(9-11-19)21(23)24/h7-11,13,15,21,23-25H,4-6,12,14H2,1-3H3. The van der Waals surface area contributed by atoms with E-state index in [-0.39, 0.29) is 0 Å². The summed E-state index contributed by atoms with van der Waals surface area (Å²) in [5.74, 6) is 0.692. The van der Waals surface area contributed by atoms with Gasteiger partial charge in [-0.05, 0) is 61.8 Å². The van der Waals surface area contributed by atoms with Crippen LogP contribution in [0.2, 0.25) is 0 Å². The minimum atomic E-state index is -1.46. The maximum atomic E-state index is 10.4. The average Bonchev–Trinajstić information content (AvgIpc) is 3.15. The highest BCUT2D eigenvalue weighted by Crippen LogP contribution is 2.27. The molecule has 0 amide bonds. The van der Waals surface area contributed by atoms with Crippen LogP contribution in [-0.4, -0.2) is 20.9 Å². The van der Waals surface area contributed by atoms with Gasteiger partial charge in [0.25, 0.3) is 0 Å². The van der Waals surface area contributed by atoms with Gasteiger partial charge >= 0.3 is 0 Å². The molecule has 0 unspecified atom stereocenters. The molecule has 2 rings (SSSR count). The Bertz CT molecular complexity index is 727. The maximum absolute atomic E-state index is 10.4. The number of hydrogen-bond donors (Lipinski definition) is 3. The fraction of sp³-hybridized carbons (Fsp3) is 0.455. The van der Waals surface area contributed by atoms with Crippen LogP contribution >= 0.6 is 11.3 Å².